The van der Waals surface area contributed by atoms with Gasteiger partial charge in [-0.3, -0.25) is 91.1 Å². The number of phenols is 1. The quantitative estimate of drug-likeness (QED) is 0.0289. The molecule has 5 heterocycles. The average molecular weight is 1880 g/mol. The number of nitrogens with one attached hydrogen (secondary N) is 12. The summed E-state index contributed by atoms with van der Waals surface area (Å²) in [5.41, 5.74) is 14.0. The average Bonchev–Trinajstić information content (AvgIpc) is 1.72. The number of amides is 16. The molecule has 15 atom stereocenters. The largest absolute Gasteiger partial charge is 0.508 e. The summed E-state index contributed by atoms with van der Waals surface area (Å²) in [6.45, 7) is 6.13. The first-order valence-corrected chi connectivity index (χ1v) is 45.5. The van der Waals surface area contributed by atoms with Crippen molar-refractivity contribution in [1.82, 2.24) is 87.6 Å². The number of unbranched alkanes of at least 4 members (excludes halogenated alkanes) is 2. The summed E-state index contributed by atoms with van der Waals surface area (Å²) >= 11 is 0.688. The number of aromatic nitrogens is 2. The van der Waals surface area contributed by atoms with Gasteiger partial charge in [-0.2, -0.15) is 0 Å². The Morgan fingerprint density at radius 1 is 0.519 bits per heavy atom. The molecule has 3 fully saturated rings. The van der Waals surface area contributed by atoms with Gasteiger partial charge in [0.1, 0.15) is 90.3 Å². The van der Waals surface area contributed by atoms with Crippen LogP contribution in [0, 0.1) is 5.92 Å². The molecule has 0 bridgehead atoms. The molecule has 724 valence electrons. The molecule has 0 radical (unpaired) electrons. The monoisotopic (exact) mass is 1870 g/mol. The number of thioether (sulfide) groups is 1. The topological polar surface area (TPSA) is 646 Å². The molecule has 2 aromatic heterocycles. The number of aromatic amines is 2. The molecule has 43 nitrogen and oxygen atoms in total. The number of fused-ring (bicyclic) bond motifs is 4. The molecule has 0 saturated carbocycles. The smallest absolute Gasteiger partial charge is 0.305 e. The second-order valence-electron chi connectivity index (χ2n) is 34.1. The fourth-order valence-corrected chi connectivity index (χ4v) is 17.1. The Morgan fingerprint density at radius 3 is 1.58 bits per heavy atom. The van der Waals surface area contributed by atoms with E-state index in [9.17, 15) is 83.1 Å². The standard InChI is InChI=1S/C89H123N19O24S/c1-9-11-22-67-82(125)97-59(30-32-74(115)116)79(122)103-66(77(120)94-43-71(91)111)45-133-46-72(112)95-62(35-49-25-27-52(109)28-26-49)85(128)104(6)48(5)76(119)99-64(39-75(117)118)87(130)107-33-17-24-68(107)83(126)102-65(40-90)81(124)100-61(34-47(3)4)88(131)108-44-53(110)38-70(108)84(127)98-60(36-50-41-92-56-20-15-13-18-54(50)56)80(123)96-58(29-31-73(113)114)78(121)101-63(37-51-42-93-57-21-16-14-19-55(51)57)86(129)106(8)69(23-12-10-2)89(132)105(67)7/h13-16,18-21,25-28,41-42,47-48,53,58-70,92-93,109-110H,9-12,17,22-24,29-40,43-46,90H2,1-8H3,(H2,91,111)(H,94,120)(H,95,112)(H,96,123)(H,97,125)(H,98,127)(H,99,119)(H,100,124)(H,101,121)(H,102,126)(H,103,122)(H,113,114)(H,115,116)(H,117,118)/t48-,53+,58-,59-,60-,61-,62-,63-,64+,65-,66-,67-,68-,69-,70-/m0/s1. The van der Waals surface area contributed by atoms with Crippen molar-refractivity contribution in [1.29, 1.82) is 0 Å². The highest BCUT2D eigenvalue weighted by molar-refractivity contribution is 8.00. The van der Waals surface area contributed by atoms with Crippen LogP contribution in [0.25, 0.3) is 21.8 Å². The van der Waals surface area contributed by atoms with Gasteiger partial charge in [0, 0.05) is 119 Å². The molecule has 5 aromatic rings. The Morgan fingerprint density at radius 2 is 1.01 bits per heavy atom. The second kappa shape index (κ2) is 49.8. The Balaban J connectivity index is 1.20. The lowest BCUT2D eigenvalue weighted by atomic mass is 9.99. The minimum atomic E-state index is -1.92. The number of H-pyrrole nitrogens is 2. The number of carbonyl (C=O) groups excluding carboxylic acids is 16. The molecule has 44 heteroatoms. The predicted octanol–water partition coefficient (Wildman–Crippen LogP) is -1.86. The van der Waals surface area contributed by atoms with Crippen LogP contribution in [0.3, 0.4) is 0 Å². The maximum atomic E-state index is 15.8. The number of aliphatic carboxylic acids is 3. The van der Waals surface area contributed by atoms with Crippen molar-refractivity contribution in [2.24, 2.45) is 17.4 Å². The molecule has 21 N–H and O–H groups in total. The van der Waals surface area contributed by atoms with Gasteiger partial charge in [0.05, 0.1) is 24.8 Å². The molecule has 0 aliphatic carbocycles. The van der Waals surface area contributed by atoms with Crippen LogP contribution >= 0.6 is 11.8 Å². The van der Waals surface area contributed by atoms with Crippen molar-refractivity contribution in [2.45, 2.75) is 241 Å². The third-order valence-electron chi connectivity index (χ3n) is 23.7. The summed E-state index contributed by atoms with van der Waals surface area (Å²) in [4.78, 5) is 284. The van der Waals surface area contributed by atoms with Gasteiger partial charge in [0.15, 0.2) is 0 Å². The number of carboxylic acid groups (broad SMARTS) is 3. The van der Waals surface area contributed by atoms with E-state index in [1.165, 1.54) is 45.3 Å². The first-order valence-electron chi connectivity index (χ1n) is 44.3. The number of phenolic OH excluding ortho intramolecular Hbond substituents is 1. The minimum absolute atomic E-state index is 0.0678. The number of para-hydroxylation sites is 2. The molecule has 3 aliphatic rings. The maximum Gasteiger partial charge on any atom is 0.305 e. The normalized spacial score (nSPS) is 25.0. The number of carboxylic acids is 3. The second-order valence-corrected chi connectivity index (χ2v) is 35.1. The van der Waals surface area contributed by atoms with Crippen LogP contribution in [-0.2, 0) is 110 Å². The van der Waals surface area contributed by atoms with Crippen molar-refractivity contribution in [3.8, 4) is 5.75 Å². The summed E-state index contributed by atoms with van der Waals surface area (Å²) in [6, 6.07) is -3.71. The van der Waals surface area contributed by atoms with E-state index in [4.69, 9.17) is 11.5 Å². The molecule has 133 heavy (non-hydrogen) atoms. The molecule has 0 spiro atoms. The van der Waals surface area contributed by atoms with E-state index in [2.05, 4.69) is 63.1 Å². The number of primary amides is 1. The summed E-state index contributed by atoms with van der Waals surface area (Å²) in [5.74, 6) is -22.4. The van der Waals surface area contributed by atoms with Gasteiger partial charge < -0.3 is 125 Å². The van der Waals surface area contributed by atoms with Crippen molar-refractivity contribution < 1.29 is 117 Å². The van der Waals surface area contributed by atoms with Gasteiger partial charge in [-0.05, 0) is 98.7 Å². The Bertz CT molecular complexity index is 5050. The van der Waals surface area contributed by atoms with E-state index in [1.54, 1.807) is 88.6 Å². The van der Waals surface area contributed by atoms with Crippen LogP contribution in [-0.4, -0.2) is 322 Å². The Kier molecular flexibility index (Phi) is 39.4. The first-order chi connectivity index (χ1) is 63.1. The minimum Gasteiger partial charge on any atom is -0.508 e. The summed E-state index contributed by atoms with van der Waals surface area (Å²) in [7, 11) is 3.72. The van der Waals surface area contributed by atoms with Crippen LogP contribution < -0.4 is 64.6 Å². The number of hydrogen-bond donors (Lipinski definition) is 19. The Hall–Kier alpha value is -13.3. The highest BCUT2D eigenvalue weighted by atomic mass is 32.2. The van der Waals surface area contributed by atoms with Crippen molar-refractivity contribution in [3.05, 3.63) is 102 Å². The number of aliphatic hydroxyl groups is 1. The summed E-state index contributed by atoms with van der Waals surface area (Å²) in [6.07, 6.45) is -2.41. The van der Waals surface area contributed by atoms with Crippen LogP contribution in [0.15, 0.2) is 85.2 Å². The van der Waals surface area contributed by atoms with Gasteiger partial charge in [-0.1, -0.05) is 102 Å². The number of rotatable bonds is 26. The van der Waals surface area contributed by atoms with Gasteiger partial charge in [-0.15, -0.1) is 11.8 Å². The van der Waals surface area contributed by atoms with Crippen LogP contribution in [0.1, 0.15) is 148 Å². The fraction of sp³-hybridized carbons (Fsp3) is 0.539. The predicted molar refractivity (Wildman–Crippen MR) is 482 cm³/mol. The van der Waals surface area contributed by atoms with Crippen LogP contribution in [0.2, 0.25) is 0 Å². The third-order valence-corrected chi connectivity index (χ3v) is 24.7. The van der Waals surface area contributed by atoms with Crippen LogP contribution in [0.4, 0.5) is 0 Å². The lowest BCUT2D eigenvalue weighted by Crippen LogP contribution is -2.61. The third kappa shape index (κ3) is 29.6. The summed E-state index contributed by atoms with van der Waals surface area (Å²) < 4.78 is 0. The molecule has 0 unspecified atom stereocenters. The molecular weight excluding hydrogens is 1750 g/mol. The number of nitrogens with two attached hydrogens (primary N) is 2. The zero-order valence-corrected chi connectivity index (χ0v) is 76.4. The Labute approximate surface area is 771 Å². The maximum absolute atomic E-state index is 15.8. The molecule has 3 aromatic carbocycles. The number of aromatic hydroxyl groups is 1. The van der Waals surface area contributed by atoms with E-state index in [1.807, 2.05) is 0 Å². The van der Waals surface area contributed by atoms with Gasteiger partial charge >= 0.3 is 17.9 Å². The zero-order valence-electron chi connectivity index (χ0n) is 75.6. The number of hydrogen-bond acceptors (Lipinski definition) is 23. The van der Waals surface area contributed by atoms with Gasteiger partial charge in [0.2, 0.25) is 94.5 Å². The highest BCUT2D eigenvalue weighted by Gasteiger charge is 2.47. The lowest BCUT2D eigenvalue weighted by Gasteiger charge is -2.36. The number of benzene rings is 3. The SMILES string of the molecule is CCCC[C@H]1C(=O)N(C)[C@@H](CCCC)C(=O)N[C@@H](CCC(=O)O)C(=O)N[C@H](C(=O)NCC(N)=O)CSCC(=O)N[C@@H](Cc2ccc(O)cc2)C(=O)N(C)[C@@H](C)C(=O)N[C@H](CC(=O)O)C(=O)N2CCC[C@H]2C(=O)N[C@@H](CN)C(=O)N[C@@H](CC(C)C)C(=O)N2C[C@H](O)C[C@H]2C(=O)N[C@@H](Cc2c[nH]c3ccccc23)C(=O)N[C@@H](CCC(=O)O)C(=O)N[C@@H](Cc2c[nH]c3ccccc23)C(=O)N1C. The van der Waals surface area contributed by atoms with E-state index in [0.717, 1.165) is 31.5 Å². The van der Waals surface area contributed by atoms with Gasteiger partial charge in [-0.25, -0.2) is 0 Å². The molecule has 16 amide bonds. The zero-order chi connectivity index (χ0) is 97.8. The highest BCUT2D eigenvalue weighted by Crippen LogP contribution is 2.28. The number of carbonyl (C=O) groups is 19. The number of nitrogens with zero attached hydrogens (tertiary/aromatic N) is 5. The van der Waals surface area contributed by atoms with Crippen LogP contribution in [0.5, 0.6) is 5.75 Å². The lowest BCUT2D eigenvalue weighted by molar-refractivity contribution is -0.149. The van der Waals surface area contributed by atoms with Crippen molar-refractivity contribution >= 4 is 146 Å². The van der Waals surface area contributed by atoms with E-state index >= 15 is 33.6 Å². The number of likely N-dealkylation sites (N-methyl/N-ethyl adjacent to an activating group) is 3. The van der Waals surface area contributed by atoms with E-state index < -0.39 is 279 Å². The number of aliphatic hydroxyl groups excluding tert-OH is 1. The first kappa shape index (κ1) is 105. The molecular formula is C89H123N19O24S. The van der Waals surface area contributed by atoms with Crippen molar-refractivity contribution in [2.75, 3.05) is 58.8 Å². The fourth-order valence-electron chi connectivity index (χ4n) is 16.2. The van der Waals surface area contributed by atoms with Gasteiger partial charge in [0.25, 0.3) is 0 Å². The molecule has 3 saturated heterocycles. The van der Waals surface area contributed by atoms with E-state index in [0.29, 0.717) is 63.1 Å². The molecule has 3 aliphatic heterocycles. The van der Waals surface area contributed by atoms with E-state index in [-0.39, 0.29) is 76.5 Å². The summed E-state index contributed by atoms with van der Waals surface area (Å²) in [5, 5.41) is 78.7. The van der Waals surface area contributed by atoms with Crippen molar-refractivity contribution in [3.63, 3.8) is 0 Å². The molecule has 8 rings (SSSR count).